The minimum Gasteiger partial charge on any atom is -0.411 e. The van der Waals surface area contributed by atoms with E-state index in [1.165, 1.54) is 12.3 Å². The molecule has 5 heteroatoms. The summed E-state index contributed by atoms with van der Waals surface area (Å²) in [4.78, 5) is 0. The van der Waals surface area contributed by atoms with Gasteiger partial charge in [0, 0.05) is 0 Å². The highest BCUT2D eigenvalue weighted by Crippen LogP contribution is 2.14. The molecule has 2 aromatic rings. The Morgan fingerprint density at radius 1 is 0.920 bits per heavy atom. The fraction of sp³-hybridized carbons (Fsp3) is 0.250. The molecule has 0 amide bonds. The van der Waals surface area contributed by atoms with Crippen LogP contribution in [-0.4, -0.2) is 34.8 Å². The van der Waals surface area contributed by atoms with Gasteiger partial charge < -0.3 is 19.8 Å². The van der Waals surface area contributed by atoms with Crippen molar-refractivity contribution in [1.82, 2.24) is 0 Å². The molecule has 0 heterocycles. The molecule has 0 aliphatic carbocycles. The van der Waals surface area contributed by atoms with Crippen molar-refractivity contribution < 1.29 is 19.8 Å². The third-order valence-electron chi connectivity index (χ3n) is 3.69. The molecule has 2 N–H and O–H groups in total. The molecule has 2 rings (SSSR count). The van der Waals surface area contributed by atoms with E-state index in [1.807, 2.05) is 60.7 Å². The molecule has 0 saturated heterocycles. The van der Waals surface area contributed by atoms with E-state index in [0.29, 0.717) is 13.2 Å². The van der Waals surface area contributed by atoms with Gasteiger partial charge in [0.15, 0.2) is 0 Å². The normalized spacial score (nSPS) is 14.9. The average Bonchev–Trinajstić information content (AvgIpc) is 2.67. The highest BCUT2D eigenvalue weighted by Gasteiger charge is 2.28. The van der Waals surface area contributed by atoms with Crippen LogP contribution in [0.2, 0.25) is 0 Å². The van der Waals surface area contributed by atoms with Crippen LogP contribution in [0, 0.1) is 0 Å². The number of rotatable bonds is 10. The van der Waals surface area contributed by atoms with Gasteiger partial charge in [-0.15, -0.1) is 6.58 Å². The van der Waals surface area contributed by atoms with E-state index in [1.54, 1.807) is 0 Å². The number of aliphatic hydroxyl groups is 1. The van der Waals surface area contributed by atoms with Crippen LogP contribution in [0.1, 0.15) is 11.1 Å². The number of benzene rings is 2. The second-order valence-electron chi connectivity index (χ2n) is 5.51. The molecule has 0 unspecified atom stereocenters. The summed E-state index contributed by atoms with van der Waals surface area (Å²) >= 11 is 0. The fourth-order valence-electron chi connectivity index (χ4n) is 2.34. The minimum atomic E-state index is -0.970. The van der Waals surface area contributed by atoms with Crippen molar-refractivity contribution in [2.75, 3.05) is 0 Å². The zero-order valence-corrected chi connectivity index (χ0v) is 13.9. The summed E-state index contributed by atoms with van der Waals surface area (Å²) in [5, 5.41) is 22.2. The Kier molecular flexibility index (Phi) is 7.85. The quantitative estimate of drug-likeness (QED) is 0.301. The Hall–Kier alpha value is -2.47. The largest absolute Gasteiger partial charge is 0.411 e. The summed E-state index contributed by atoms with van der Waals surface area (Å²) in [5.74, 6) is 0. The summed E-state index contributed by atoms with van der Waals surface area (Å²) in [7, 11) is 0. The lowest BCUT2D eigenvalue weighted by Gasteiger charge is -2.27. The van der Waals surface area contributed by atoms with E-state index in [0.717, 1.165) is 11.1 Å². The molecule has 2 aromatic carbocycles. The van der Waals surface area contributed by atoms with Gasteiger partial charge in [0.25, 0.3) is 0 Å². The lowest BCUT2D eigenvalue weighted by Crippen LogP contribution is -2.41. The Morgan fingerprint density at radius 3 is 1.92 bits per heavy atom. The van der Waals surface area contributed by atoms with Crippen LogP contribution in [0.5, 0.6) is 0 Å². The maximum atomic E-state index is 10.2. The van der Waals surface area contributed by atoms with Gasteiger partial charge in [-0.1, -0.05) is 71.9 Å². The highest BCUT2D eigenvalue weighted by molar-refractivity contribution is 5.63. The van der Waals surface area contributed by atoms with Gasteiger partial charge in [0.1, 0.15) is 18.3 Å². The van der Waals surface area contributed by atoms with Crippen molar-refractivity contribution in [3.8, 4) is 0 Å². The Bertz CT molecular complexity index is 645. The van der Waals surface area contributed by atoms with E-state index in [9.17, 15) is 5.11 Å². The SMILES string of the molecule is C=C[C@@H](O)[C@H](OCc1ccccc1)[C@H](/C=N/O)OCc1ccccc1. The minimum absolute atomic E-state index is 0.293. The lowest BCUT2D eigenvalue weighted by atomic mass is 10.1. The summed E-state index contributed by atoms with van der Waals surface area (Å²) in [6, 6.07) is 19.2. The van der Waals surface area contributed by atoms with Gasteiger partial charge in [-0.2, -0.15) is 0 Å². The summed E-state index contributed by atoms with van der Waals surface area (Å²) in [6.45, 7) is 4.20. The molecule has 0 aliphatic heterocycles. The van der Waals surface area contributed by atoms with Crippen molar-refractivity contribution >= 4 is 6.21 Å². The molecular weight excluding hydrogens is 318 g/mol. The molecule has 0 aromatic heterocycles. The van der Waals surface area contributed by atoms with Crippen LogP contribution < -0.4 is 0 Å². The molecular formula is C20H23NO4. The molecule has 0 spiro atoms. The van der Waals surface area contributed by atoms with Gasteiger partial charge in [-0.3, -0.25) is 0 Å². The monoisotopic (exact) mass is 341 g/mol. The van der Waals surface area contributed by atoms with Gasteiger partial charge in [0.05, 0.1) is 19.4 Å². The predicted molar refractivity (Wildman–Crippen MR) is 96.5 cm³/mol. The van der Waals surface area contributed by atoms with Gasteiger partial charge in [0.2, 0.25) is 0 Å². The van der Waals surface area contributed by atoms with Gasteiger partial charge in [-0.25, -0.2) is 0 Å². The van der Waals surface area contributed by atoms with Crippen molar-refractivity contribution in [2.24, 2.45) is 5.16 Å². The maximum Gasteiger partial charge on any atom is 0.125 e. The van der Waals surface area contributed by atoms with Crippen LogP contribution >= 0.6 is 0 Å². The van der Waals surface area contributed by atoms with Crippen LogP contribution in [0.3, 0.4) is 0 Å². The summed E-state index contributed by atoms with van der Waals surface area (Å²) in [6.07, 6.45) is 0.132. The second-order valence-corrected chi connectivity index (χ2v) is 5.51. The van der Waals surface area contributed by atoms with E-state index in [2.05, 4.69) is 11.7 Å². The first kappa shape index (κ1) is 18.9. The highest BCUT2D eigenvalue weighted by atomic mass is 16.5. The first-order valence-corrected chi connectivity index (χ1v) is 8.04. The summed E-state index contributed by atoms with van der Waals surface area (Å²) < 4.78 is 11.6. The van der Waals surface area contributed by atoms with Crippen LogP contribution in [0.15, 0.2) is 78.5 Å². The number of ether oxygens (including phenoxy) is 2. The first-order valence-electron chi connectivity index (χ1n) is 8.04. The number of aliphatic hydroxyl groups excluding tert-OH is 1. The molecule has 0 saturated carbocycles. The predicted octanol–water partition coefficient (Wildman–Crippen LogP) is 3.16. The third-order valence-corrected chi connectivity index (χ3v) is 3.69. The Balaban J connectivity index is 2.06. The van der Waals surface area contributed by atoms with Crippen LogP contribution in [0.25, 0.3) is 0 Å². The number of nitrogens with zero attached hydrogens (tertiary/aromatic N) is 1. The molecule has 25 heavy (non-hydrogen) atoms. The smallest absolute Gasteiger partial charge is 0.125 e. The molecule has 5 nitrogen and oxygen atoms in total. The topological polar surface area (TPSA) is 71.3 Å². The van der Waals surface area contributed by atoms with E-state index in [-0.39, 0.29) is 0 Å². The molecule has 0 bridgehead atoms. The van der Waals surface area contributed by atoms with Crippen LogP contribution in [0.4, 0.5) is 0 Å². The standard InChI is InChI=1S/C20H23NO4/c1-2-18(22)20(25-15-17-11-7-4-8-12-17)19(13-21-23)24-14-16-9-5-3-6-10-16/h2-13,18-20,22-23H,1,14-15H2/b21-13+/t18-,19+,20+/m1/s1. The average molecular weight is 341 g/mol. The molecule has 0 fully saturated rings. The van der Waals surface area contributed by atoms with E-state index >= 15 is 0 Å². The summed E-state index contributed by atoms with van der Waals surface area (Å²) in [5.41, 5.74) is 1.93. The Labute approximate surface area is 147 Å². The van der Waals surface area contributed by atoms with Crippen molar-refractivity contribution in [3.05, 3.63) is 84.4 Å². The zero-order chi connectivity index (χ0) is 17.9. The molecule has 132 valence electrons. The van der Waals surface area contributed by atoms with Gasteiger partial charge in [-0.05, 0) is 11.1 Å². The first-order chi connectivity index (χ1) is 12.2. The van der Waals surface area contributed by atoms with E-state index in [4.69, 9.17) is 14.7 Å². The Morgan fingerprint density at radius 2 is 1.44 bits per heavy atom. The van der Waals surface area contributed by atoms with Crippen molar-refractivity contribution in [2.45, 2.75) is 31.5 Å². The lowest BCUT2D eigenvalue weighted by molar-refractivity contribution is -0.0954. The molecule has 0 aliphatic rings. The second kappa shape index (κ2) is 10.4. The van der Waals surface area contributed by atoms with Crippen LogP contribution in [-0.2, 0) is 22.7 Å². The molecule has 3 atom stereocenters. The van der Waals surface area contributed by atoms with Gasteiger partial charge >= 0.3 is 0 Å². The number of hydrogen-bond acceptors (Lipinski definition) is 5. The number of oxime groups is 1. The number of hydrogen-bond donors (Lipinski definition) is 2. The fourth-order valence-corrected chi connectivity index (χ4v) is 2.34. The third kappa shape index (κ3) is 6.15. The van der Waals surface area contributed by atoms with Crippen molar-refractivity contribution in [3.63, 3.8) is 0 Å². The maximum absolute atomic E-state index is 10.2. The zero-order valence-electron chi connectivity index (χ0n) is 13.9. The van der Waals surface area contributed by atoms with Crippen molar-refractivity contribution in [1.29, 1.82) is 0 Å². The van der Waals surface area contributed by atoms with E-state index < -0.39 is 18.3 Å². The molecule has 0 radical (unpaired) electrons.